The van der Waals surface area contributed by atoms with E-state index >= 15 is 0 Å². The summed E-state index contributed by atoms with van der Waals surface area (Å²) in [5.74, 6) is -1.35. The van der Waals surface area contributed by atoms with Crippen molar-refractivity contribution in [2.45, 2.75) is 18.0 Å². The zero-order valence-corrected chi connectivity index (χ0v) is 16.5. The normalized spacial score (nSPS) is 16.1. The van der Waals surface area contributed by atoms with E-state index < -0.39 is 22.0 Å². The molecule has 28 heavy (non-hydrogen) atoms. The second kappa shape index (κ2) is 8.82. The van der Waals surface area contributed by atoms with Crippen molar-refractivity contribution >= 4 is 22.4 Å². The number of nitrogens with one attached hydrogen (secondary N) is 2. The first-order valence-corrected chi connectivity index (χ1v) is 9.72. The van der Waals surface area contributed by atoms with Crippen LogP contribution in [0.4, 0.5) is 13.2 Å². The lowest BCUT2D eigenvalue weighted by Crippen LogP contribution is -2.46. The summed E-state index contributed by atoms with van der Waals surface area (Å²) < 4.78 is 74.8. The summed E-state index contributed by atoms with van der Waals surface area (Å²) in [6.07, 6.45) is -4.69. The summed E-state index contributed by atoms with van der Waals surface area (Å²) in [5, 5.41) is 6.50. The first-order chi connectivity index (χ1) is 12.7. The van der Waals surface area contributed by atoms with E-state index in [1.807, 2.05) is 0 Å². The number of aryl methyl sites for hydroxylation is 1. The van der Waals surface area contributed by atoms with Crippen LogP contribution in [0.25, 0.3) is 11.5 Å². The van der Waals surface area contributed by atoms with Crippen LogP contribution in [0.5, 0.6) is 0 Å². The number of furan rings is 1. The van der Waals surface area contributed by atoms with E-state index in [2.05, 4.69) is 24.6 Å². The number of hydrogen-bond acceptors (Lipinski definition) is 7. The molecule has 2 aromatic heterocycles. The van der Waals surface area contributed by atoms with Crippen molar-refractivity contribution < 1.29 is 30.5 Å². The Morgan fingerprint density at radius 2 is 1.96 bits per heavy atom. The van der Waals surface area contributed by atoms with E-state index in [9.17, 15) is 21.6 Å². The molecule has 1 saturated heterocycles. The van der Waals surface area contributed by atoms with Crippen LogP contribution in [0.3, 0.4) is 0 Å². The number of hydrogen-bond donors (Lipinski definition) is 2. The van der Waals surface area contributed by atoms with Gasteiger partial charge in [-0.05, 0) is 6.92 Å². The molecule has 0 atom stereocenters. The van der Waals surface area contributed by atoms with Gasteiger partial charge in [-0.1, -0.05) is 5.16 Å². The number of rotatable bonds is 6. The molecule has 0 radical (unpaired) electrons. The van der Waals surface area contributed by atoms with E-state index in [-0.39, 0.29) is 41.1 Å². The van der Waals surface area contributed by atoms with Crippen LogP contribution in [0.2, 0.25) is 0 Å². The van der Waals surface area contributed by atoms with E-state index in [1.165, 1.54) is 6.92 Å². The smallest absolute Gasteiger partial charge is 0.452 e. The zero-order valence-electron chi connectivity index (χ0n) is 14.9. The van der Waals surface area contributed by atoms with Crippen LogP contribution in [0.15, 0.2) is 26.0 Å². The van der Waals surface area contributed by atoms with Crippen LogP contribution < -0.4 is 10.0 Å². The predicted molar refractivity (Wildman–Crippen MR) is 95.7 cm³/mol. The molecular weight excluding hydrogens is 425 g/mol. The second-order valence-corrected chi connectivity index (χ2v) is 7.83. The van der Waals surface area contributed by atoms with Crippen LogP contribution in [0.1, 0.15) is 11.5 Å². The van der Waals surface area contributed by atoms with Gasteiger partial charge in [0, 0.05) is 51.4 Å². The maximum atomic E-state index is 12.6. The highest BCUT2D eigenvalue weighted by atomic mass is 35.5. The van der Waals surface area contributed by atoms with Crippen LogP contribution in [-0.4, -0.2) is 57.7 Å². The second-order valence-electron chi connectivity index (χ2n) is 6.09. The van der Waals surface area contributed by atoms with Gasteiger partial charge in [-0.2, -0.15) is 13.2 Å². The molecule has 1 aliphatic rings. The molecule has 0 amide bonds. The van der Waals surface area contributed by atoms with Crippen molar-refractivity contribution in [3.8, 4) is 11.5 Å². The summed E-state index contributed by atoms with van der Waals surface area (Å²) in [4.78, 5) is 1.98. The molecule has 1 aliphatic heterocycles. The highest BCUT2D eigenvalue weighted by Gasteiger charge is 2.36. The Morgan fingerprint density at radius 1 is 1.29 bits per heavy atom. The maximum absolute atomic E-state index is 12.6. The first-order valence-electron chi connectivity index (χ1n) is 8.24. The van der Waals surface area contributed by atoms with Gasteiger partial charge in [0.1, 0.15) is 16.3 Å². The number of alkyl halides is 3. The maximum Gasteiger partial charge on any atom is 0.452 e. The van der Waals surface area contributed by atoms with Crippen molar-refractivity contribution in [2.24, 2.45) is 0 Å². The Balaban J connectivity index is 0.00000280. The lowest BCUT2D eigenvalue weighted by Gasteiger charge is -2.26. The molecule has 3 rings (SSSR count). The van der Waals surface area contributed by atoms with Gasteiger partial charge in [-0.25, -0.2) is 13.1 Å². The Kier molecular flexibility index (Phi) is 7.15. The monoisotopic (exact) mass is 444 g/mol. The molecule has 0 saturated carbocycles. The molecule has 0 bridgehead atoms. The molecule has 3 heterocycles. The molecule has 8 nitrogen and oxygen atoms in total. The summed E-state index contributed by atoms with van der Waals surface area (Å²) >= 11 is 0. The van der Waals surface area contributed by atoms with Crippen LogP contribution >= 0.6 is 12.4 Å². The van der Waals surface area contributed by atoms with E-state index in [1.54, 1.807) is 0 Å². The van der Waals surface area contributed by atoms with Gasteiger partial charge in [0.15, 0.2) is 5.76 Å². The van der Waals surface area contributed by atoms with E-state index in [4.69, 9.17) is 4.42 Å². The highest BCUT2D eigenvalue weighted by Crippen LogP contribution is 2.34. The van der Waals surface area contributed by atoms with E-state index in [0.29, 0.717) is 12.6 Å². The van der Waals surface area contributed by atoms with Gasteiger partial charge >= 0.3 is 6.18 Å². The number of sulfonamides is 1. The van der Waals surface area contributed by atoms with Crippen molar-refractivity contribution in [3.05, 3.63) is 23.7 Å². The van der Waals surface area contributed by atoms with E-state index in [0.717, 1.165) is 32.2 Å². The largest absolute Gasteiger partial charge is 0.458 e. The third kappa shape index (κ3) is 5.26. The van der Waals surface area contributed by atoms with Gasteiger partial charge in [-0.3, -0.25) is 4.90 Å². The number of aromatic nitrogens is 1. The summed E-state index contributed by atoms with van der Waals surface area (Å²) in [5.41, 5.74) is -0.229. The summed E-state index contributed by atoms with van der Waals surface area (Å²) in [7, 11) is -3.87. The molecule has 2 aromatic rings. The van der Waals surface area contributed by atoms with Crippen LogP contribution in [-0.2, 0) is 16.2 Å². The van der Waals surface area contributed by atoms with Gasteiger partial charge < -0.3 is 14.3 Å². The molecule has 13 heteroatoms. The molecular formula is C15H20ClF3N4O4S. The molecule has 0 aliphatic carbocycles. The highest BCUT2D eigenvalue weighted by molar-refractivity contribution is 7.89. The fraction of sp³-hybridized carbons (Fsp3) is 0.533. The van der Waals surface area contributed by atoms with Crippen LogP contribution in [0, 0.1) is 6.92 Å². The summed E-state index contributed by atoms with van der Waals surface area (Å²) in [6.45, 7) is 5.57. The van der Waals surface area contributed by atoms with Gasteiger partial charge in [0.2, 0.25) is 15.8 Å². The Hall–Kier alpha value is -1.60. The fourth-order valence-corrected chi connectivity index (χ4v) is 3.93. The number of nitrogens with zero attached hydrogens (tertiary/aromatic N) is 2. The van der Waals surface area contributed by atoms with Crippen molar-refractivity contribution in [2.75, 3.05) is 39.3 Å². The lowest BCUT2D eigenvalue weighted by atomic mass is 10.3. The molecule has 1 fully saturated rings. The third-order valence-electron chi connectivity index (χ3n) is 4.13. The minimum atomic E-state index is -4.69. The molecule has 158 valence electrons. The quantitative estimate of drug-likeness (QED) is 0.701. The molecule has 0 aromatic carbocycles. The Morgan fingerprint density at radius 3 is 2.57 bits per heavy atom. The van der Waals surface area contributed by atoms with Gasteiger partial charge in [0.05, 0.1) is 0 Å². The third-order valence-corrected chi connectivity index (χ3v) is 5.70. The van der Waals surface area contributed by atoms with Gasteiger partial charge in [0.25, 0.3) is 0 Å². The SMILES string of the molecule is Cc1oc(-c2cc(C(F)(F)F)on2)cc1S(=O)(=O)NCCN1CCNCC1.Cl. The van der Waals surface area contributed by atoms with Crippen molar-refractivity contribution in [1.82, 2.24) is 20.1 Å². The fourth-order valence-electron chi connectivity index (χ4n) is 2.73. The Bertz CT molecular complexity index is 891. The topological polar surface area (TPSA) is 101 Å². The standard InChI is InChI=1S/C15H19F3N4O4S.ClH/c1-10-13(27(23,24)20-4-7-22-5-2-19-3-6-22)9-12(25-10)11-8-14(26-21-11)15(16,17)18;/h8-9,19-20H,2-7H2,1H3;1H. The molecule has 0 unspecified atom stereocenters. The summed E-state index contributed by atoms with van der Waals surface area (Å²) in [6, 6.07) is 1.80. The zero-order chi connectivity index (χ0) is 19.7. The first kappa shape index (κ1) is 22.7. The van der Waals surface area contributed by atoms with Gasteiger partial charge in [-0.15, -0.1) is 12.4 Å². The Labute approximate surface area is 165 Å². The van der Waals surface area contributed by atoms with Crippen molar-refractivity contribution in [3.63, 3.8) is 0 Å². The average molecular weight is 445 g/mol. The minimum Gasteiger partial charge on any atom is -0.458 e. The lowest BCUT2D eigenvalue weighted by molar-refractivity contribution is -0.155. The molecule has 2 N–H and O–H groups in total. The predicted octanol–water partition coefficient (Wildman–Crippen LogP) is 1.87. The number of piperazine rings is 1. The number of halogens is 4. The minimum absolute atomic E-state index is 0. The molecule has 0 spiro atoms. The average Bonchev–Trinajstić information content (AvgIpc) is 3.22. The van der Waals surface area contributed by atoms with Crippen molar-refractivity contribution in [1.29, 1.82) is 0 Å².